The molecule has 0 aliphatic rings. The Labute approximate surface area is 139 Å². The summed E-state index contributed by atoms with van der Waals surface area (Å²) in [5.41, 5.74) is 1.89. The third kappa shape index (κ3) is 2.60. The Bertz CT molecular complexity index is 1080. The minimum atomic E-state index is -0.271. The van der Waals surface area contributed by atoms with Crippen LogP contribution in [0.4, 0.5) is 0 Å². The molecule has 5 nitrogen and oxygen atoms in total. The summed E-state index contributed by atoms with van der Waals surface area (Å²) in [7, 11) is 0. The maximum Gasteiger partial charge on any atom is 0.251 e. The van der Waals surface area contributed by atoms with E-state index in [4.69, 9.17) is 0 Å². The second-order valence-corrected chi connectivity index (χ2v) is 7.67. The molecule has 2 aromatic heterocycles. The van der Waals surface area contributed by atoms with Crippen molar-refractivity contribution in [3.63, 3.8) is 0 Å². The Hall–Kier alpha value is -2.56. The number of pyridine rings is 2. The van der Waals surface area contributed by atoms with Crippen molar-refractivity contribution in [1.82, 2.24) is 9.55 Å². The molecule has 0 aliphatic heterocycles. The van der Waals surface area contributed by atoms with Crippen molar-refractivity contribution >= 4 is 21.8 Å². The molecule has 3 rings (SSSR count). The zero-order chi connectivity index (χ0) is 17.8. The number of fused-ring (bicyclic) bond motifs is 2. The van der Waals surface area contributed by atoms with Crippen LogP contribution in [0.3, 0.4) is 0 Å². The van der Waals surface area contributed by atoms with E-state index in [1.807, 2.05) is 40.7 Å². The van der Waals surface area contributed by atoms with Crippen molar-refractivity contribution in [1.29, 1.82) is 0 Å². The number of aromatic hydroxyl groups is 1. The molecule has 24 heavy (non-hydrogen) atoms. The number of H-pyrrole nitrogens is 1. The standard InChI is InChI=1S/C19H22N2O3/c1-10-6-14(22)20-16-12(10)8-13-11(2)7-15(23)21(9-19(3,4)5)17(13)18(16)24/h6-8,24H,9H2,1-5H3,(H,20,22). The Balaban J connectivity index is 2.57. The van der Waals surface area contributed by atoms with E-state index in [1.54, 1.807) is 10.6 Å². The first-order valence-corrected chi connectivity index (χ1v) is 7.98. The lowest BCUT2D eigenvalue weighted by Crippen LogP contribution is -2.27. The number of phenols is 1. The minimum absolute atomic E-state index is 0.0478. The number of nitrogens with one attached hydrogen (secondary N) is 1. The third-order valence-corrected chi connectivity index (χ3v) is 4.23. The van der Waals surface area contributed by atoms with Gasteiger partial charge in [0.2, 0.25) is 5.56 Å². The lowest BCUT2D eigenvalue weighted by molar-refractivity contribution is 0.342. The molecule has 3 aromatic rings. The van der Waals surface area contributed by atoms with Gasteiger partial charge < -0.3 is 14.7 Å². The van der Waals surface area contributed by atoms with Gasteiger partial charge in [0.1, 0.15) is 0 Å². The maximum absolute atomic E-state index is 12.5. The lowest BCUT2D eigenvalue weighted by Gasteiger charge is -2.23. The van der Waals surface area contributed by atoms with E-state index in [9.17, 15) is 14.7 Å². The van der Waals surface area contributed by atoms with Crippen molar-refractivity contribution < 1.29 is 5.11 Å². The van der Waals surface area contributed by atoms with Crippen LogP contribution in [-0.4, -0.2) is 14.7 Å². The summed E-state index contributed by atoms with van der Waals surface area (Å²) < 4.78 is 1.59. The number of hydrogen-bond acceptors (Lipinski definition) is 3. The van der Waals surface area contributed by atoms with Gasteiger partial charge in [0.15, 0.2) is 5.75 Å². The highest BCUT2D eigenvalue weighted by atomic mass is 16.3. The van der Waals surface area contributed by atoms with Crippen LogP contribution < -0.4 is 11.1 Å². The van der Waals surface area contributed by atoms with Crippen molar-refractivity contribution in [3.05, 3.63) is 50.0 Å². The fraction of sp³-hybridized carbons (Fsp3) is 0.368. The van der Waals surface area contributed by atoms with Gasteiger partial charge in [0.05, 0.1) is 11.0 Å². The van der Waals surface area contributed by atoms with E-state index in [0.29, 0.717) is 17.6 Å². The lowest BCUT2D eigenvalue weighted by atomic mass is 9.95. The van der Waals surface area contributed by atoms with Crippen LogP contribution in [0, 0.1) is 19.3 Å². The molecule has 0 spiro atoms. The van der Waals surface area contributed by atoms with E-state index < -0.39 is 0 Å². The van der Waals surface area contributed by atoms with Crippen LogP contribution in [0.25, 0.3) is 21.8 Å². The number of hydrogen-bond donors (Lipinski definition) is 2. The predicted octanol–water partition coefficient (Wildman–Crippen LogP) is 3.21. The summed E-state index contributed by atoms with van der Waals surface area (Å²) in [5.74, 6) is -0.0478. The second-order valence-electron chi connectivity index (χ2n) is 7.67. The fourth-order valence-corrected chi connectivity index (χ4v) is 3.19. The molecule has 0 bridgehead atoms. The summed E-state index contributed by atoms with van der Waals surface area (Å²) in [6.45, 7) is 10.3. The van der Waals surface area contributed by atoms with E-state index in [0.717, 1.165) is 21.9 Å². The number of benzene rings is 1. The molecule has 0 unspecified atom stereocenters. The number of aromatic amines is 1. The van der Waals surface area contributed by atoms with Crippen LogP contribution in [-0.2, 0) is 6.54 Å². The first-order valence-electron chi connectivity index (χ1n) is 7.98. The van der Waals surface area contributed by atoms with E-state index in [2.05, 4.69) is 4.98 Å². The zero-order valence-corrected chi connectivity index (χ0v) is 14.7. The molecule has 0 amide bonds. The van der Waals surface area contributed by atoms with Gasteiger partial charge in [-0.2, -0.15) is 0 Å². The Morgan fingerprint density at radius 3 is 2.29 bits per heavy atom. The average molecular weight is 326 g/mol. The van der Waals surface area contributed by atoms with Gasteiger partial charge in [-0.15, -0.1) is 0 Å². The zero-order valence-electron chi connectivity index (χ0n) is 14.7. The van der Waals surface area contributed by atoms with E-state index >= 15 is 0 Å². The summed E-state index contributed by atoms with van der Waals surface area (Å²) >= 11 is 0. The summed E-state index contributed by atoms with van der Waals surface area (Å²) in [4.78, 5) is 27.0. The maximum atomic E-state index is 12.5. The summed E-state index contributed by atoms with van der Waals surface area (Å²) in [6.07, 6.45) is 0. The molecule has 2 N–H and O–H groups in total. The van der Waals surface area contributed by atoms with Crippen molar-refractivity contribution in [2.45, 2.75) is 41.2 Å². The SMILES string of the molecule is Cc1cc(=O)[nH]c2c(O)c3c(cc12)c(C)cc(=O)n3CC(C)(C)C. The Morgan fingerprint density at radius 2 is 1.67 bits per heavy atom. The molecule has 0 aliphatic carbocycles. The molecular weight excluding hydrogens is 304 g/mol. The van der Waals surface area contributed by atoms with Crippen LogP contribution in [0.5, 0.6) is 5.75 Å². The smallest absolute Gasteiger partial charge is 0.251 e. The molecule has 0 atom stereocenters. The Morgan fingerprint density at radius 1 is 1.04 bits per heavy atom. The highest BCUT2D eigenvalue weighted by Crippen LogP contribution is 2.35. The first-order chi connectivity index (χ1) is 11.1. The van der Waals surface area contributed by atoms with Gasteiger partial charge in [-0.25, -0.2) is 0 Å². The first kappa shape index (κ1) is 16.3. The molecule has 0 radical (unpaired) electrons. The minimum Gasteiger partial charge on any atom is -0.504 e. The number of nitrogens with zero attached hydrogens (tertiary/aromatic N) is 1. The quantitative estimate of drug-likeness (QED) is 0.674. The van der Waals surface area contributed by atoms with Crippen molar-refractivity contribution in [2.24, 2.45) is 5.41 Å². The number of rotatable bonds is 1. The van der Waals surface area contributed by atoms with Crippen molar-refractivity contribution in [3.8, 4) is 5.75 Å². The number of phenolic OH excluding ortho intramolecular Hbond substituents is 1. The predicted molar refractivity (Wildman–Crippen MR) is 96.9 cm³/mol. The molecule has 0 saturated carbocycles. The molecule has 0 fully saturated rings. The fourth-order valence-electron chi connectivity index (χ4n) is 3.19. The largest absolute Gasteiger partial charge is 0.504 e. The molecular formula is C19H22N2O3. The molecule has 1 aromatic carbocycles. The van der Waals surface area contributed by atoms with Gasteiger partial charge in [-0.1, -0.05) is 20.8 Å². The second kappa shape index (κ2) is 5.23. The highest BCUT2D eigenvalue weighted by molar-refractivity contribution is 6.03. The molecule has 126 valence electrons. The van der Waals surface area contributed by atoms with Gasteiger partial charge >= 0.3 is 0 Å². The van der Waals surface area contributed by atoms with E-state index in [-0.39, 0.29) is 22.3 Å². The third-order valence-electron chi connectivity index (χ3n) is 4.23. The average Bonchev–Trinajstić information content (AvgIpc) is 2.43. The van der Waals surface area contributed by atoms with Gasteiger partial charge in [-0.05, 0) is 36.5 Å². The van der Waals surface area contributed by atoms with Crippen LogP contribution in [0.15, 0.2) is 27.8 Å². The van der Waals surface area contributed by atoms with Crippen molar-refractivity contribution in [2.75, 3.05) is 0 Å². The molecule has 0 saturated heterocycles. The highest BCUT2D eigenvalue weighted by Gasteiger charge is 2.19. The van der Waals surface area contributed by atoms with Crippen LogP contribution in [0.2, 0.25) is 0 Å². The monoisotopic (exact) mass is 326 g/mol. The Kier molecular flexibility index (Phi) is 3.55. The summed E-state index contributed by atoms with van der Waals surface area (Å²) in [5, 5.41) is 12.5. The van der Waals surface area contributed by atoms with Crippen LogP contribution in [0.1, 0.15) is 31.9 Å². The summed E-state index contributed by atoms with van der Waals surface area (Å²) in [6, 6.07) is 5.04. The van der Waals surface area contributed by atoms with Gasteiger partial charge in [0.25, 0.3) is 5.56 Å². The molecule has 5 heteroatoms. The van der Waals surface area contributed by atoms with Gasteiger partial charge in [-0.3, -0.25) is 9.59 Å². The normalized spacial score (nSPS) is 12.2. The number of aromatic nitrogens is 2. The van der Waals surface area contributed by atoms with Gasteiger partial charge in [0, 0.05) is 29.4 Å². The van der Waals surface area contributed by atoms with Crippen LogP contribution >= 0.6 is 0 Å². The molecule has 2 heterocycles. The number of aryl methyl sites for hydroxylation is 2. The van der Waals surface area contributed by atoms with E-state index in [1.165, 1.54) is 6.07 Å². The topological polar surface area (TPSA) is 75.1 Å².